The first-order valence-corrected chi connectivity index (χ1v) is 15.3. The molecule has 35 heavy (non-hydrogen) atoms. The van der Waals surface area contributed by atoms with Gasteiger partial charge in [-0.3, -0.25) is 4.79 Å². The average molecular weight is 492 g/mol. The highest BCUT2D eigenvalue weighted by molar-refractivity contribution is 6.75. The van der Waals surface area contributed by atoms with E-state index in [1.807, 2.05) is 42.6 Å². The number of fused-ring (bicyclic) bond motifs is 1. The number of amides is 1. The van der Waals surface area contributed by atoms with Crippen molar-refractivity contribution in [3.8, 4) is 5.75 Å². The molecule has 0 aliphatic carbocycles. The molecule has 2 aromatic heterocycles. The predicted molar refractivity (Wildman–Crippen MR) is 149 cm³/mol. The zero-order valence-corrected chi connectivity index (χ0v) is 24.1. The van der Waals surface area contributed by atoms with Crippen molar-refractivity contribution >= 4 is 25.9 Å². The average Bonchev–Trinajstić information content (AvgIpc) is 3.08. The molecule has 1 aromatic carbocycles. The Balaban J connectivity index is 2.26. The summed E-state index contributed by atoms with van der Waals surface area (Å²) in [5.74, 6) is 1.17. The van der Waals surface area contributed by atoms with Crippen LogP contribution in [0.25, 0.3) is 11.7 Å². The lowest BCUT2D eigenvalue weighted by Gasteiger charge is -2.42. The molecule has 0 saturated carbocycles. The quantitative estimate of drug-likeness (QED) is 0.321. The fraction of sp³-hybridized carbons (Fsp3) is 0.448. The molecule has 0 aliphatic heterocycles. The van der Waals surface area contributed by atoms with Crippen LogP contribution in [-0.2, 0) is 6.42 Å². The molecule has 3 rings (SSSR count). The van der Waals surface area contributed by atoms with Crippen molar-refractivity contribution in [2.75, 3.05) is 14.1 Å². The third kappa shape index (κ3) is 5.22. The van der Waals surface area contributed by atoms with Crippen LogP contribution < -0.4 is 4.43 Å². The fourth-order valence-electron chi connectivity index (χ4n) is 4.10. The highest BCUT2D eigenvalue weighted by Gasteiger charge is 2.46. The molecule has 0 N–H and O–H groups in total. The number of carbonyl (C=O) groups excluding carboxylic acids is 1. The van der Waals surface area contributed by atoms with Crippen molar-refractivity contribution in [2.24, 2.45) is 5.92 Å². The minimum Gasteiger partial charge on any atom is -0.541 e. The number of imidazole rings is 1. The van der Waals surface area contributed by atoms with E-state index in [-0.39, 0.29) is 10.9 Å². The highest BCUT2D eigenvalue weighted by Crippen LogP contribution is 2.46. The SMILES string of the molecule is Cc1nc2c(O[Si](C)(C)C(C)(C)C(C)C)c(CC=Cc3ccccc3)c(C(=O)N(C)C)cn2c1C. The number of hydrogen-bond donors (Lipinski definition) is 0. The summed E-state index contributed by atoms with van der Waals surface area (Å²) in [5, 5.41) is 0.0133. The summed E-state index contributed by atoms with van der Waals surface area (Å²) in [5.41, 5.74) is 5.43. The first-order valence-electron chi connectivity index (χ1n) is 12.4. The largest absolute Gasteiger partial charge is 0.541 e. The maximum absolute atomic E-state index is 13.4. The Hall–Kier alpha value is -2.86. The van der Waals surface area contributed by atoms with Gasteiger partial charge in [0.25, 0.3) is 14.2 Å². The van der Waals surface area contributed by atoms with Crippen molar-refractivity contribution in [2.45, 2.75) is 66.1 Å². The van der Waals surface area contributed by atoms with Gasteiger partial charge in [0.1, 0.15) is 0 Å². The summed E-state index contributed by atoms with van der Waals surface area (Å²) < 4.78 is 9.09. The molecule has 0 unspecified atom stereocenters. The third-order valence-electron chi connectivity index (χ3n) is 7.87. The maximum Gasteiger partial charge on any atom is 0.255 e. The van der Waals surface area contributed by atoms with E-state index >= 15 is 0 Å². The zero-order chi connectivity index (χ0) is 26.1. The van der Waals surface area contributed by atoms with Crippen LogP contribution >= 0.6 is 0 Å². The van der Waals surface area contributed by atoms with Gasteiger partial charge in [-0.05, 0) is 49.9 Å². The van der Waals surface area contributed by atoms with Crippen LogP contribution in [0.1, 0.15) is 60.6 Å². The normalized spacial score (nSPS) is 12.7. The molecule has 0 fully saturated rings. The van der Waals surface area contributed by atoms with Crippen molar-refractivity contribution in [3.05, 3.63) is 70.7 Å². The van der Waals surface area contributed by atoms with Crippen LogP contribution in [0.15, 0.2) is 42.6 Å². The molecule has 0 radical (unpaired) electrons. The number of allylic oxidation sites excluding steroid dienone is 1. The number of nitrogens with zero attached hydrogens (tertiary/aromatic N) is 3. The summed E-state index contributed by atoms with van der Waals surface area (Å²) in [6, 6.07) is 10.2. The lowest BCUT2D eigenvalue weighted by molar-refractivity contribution is 0.0826. The van der Waals surface area contributed by atoms with Crippen molar-refractivity contribution in [3.63, 3.8) is 0 Å². The summed E-state index contributed by atoms with van der Waals surface area (Å²) in [7, 11) is 1.31. The van der Waals surface area contributed by atoms with E-state index in [0.29, 0.717) is 17.9 Å². The number of hydrogen-bond acceptors (Lipinski definition) is 3. The molecule has 0 spiro atoms. The topological polar surface area (TPSA) is 46.8 Å². The zero-order valence-electron chi connectivity index (χ0n) is 23.1. The van der Waals surface area contributed by atoms with E-state index in [9.17, 15) is 4.79 Å². The second-order valence-electron chi connectivity index (χ2n) is 11.0. The van der Waals surface area contributed by atoms with Crippen LogP contribution in [0.4, 0.5) is 0 Å². The van der Waals surface area contributed by atoms with Gasteiger partial charge in [0.2, 0.25) is 0 Å². The molecule has 0 saturated heterocycles. The molecule has 0 atom stereocenters. The Morgan fingerprint density at radius 1 is 1.17 bits per heavy atom. The number of benzene rings is 1. The Morgan fingerprint density at radius 3 is 2.37 bits per heavy atom. The summed E-state index contributed by atoms with van der Waals surface area (Å²) in [6.45, 7) is 17.7. The summed E-state index contributed by atoms with van der Waals surface area (Å²) >= 11 is 0. The van der Waals surface area contributed by atoms with E-state index in [0.717, 1.165) is 33.9 Å². The summed E-state index contributed by atoms with van der Waals surface area (Å²) in [6.07, 6.45) is 6.73. The molecule has 6 heteroatoms. The first-order chi connectivity index (χ1) is 16.3. The van der Waals surface area contributed by atoms with Crippen LogP contribution in [-0.4, -0.2) is 42.6 Å². The Kier molecular flexibility index (Phi) is 7.65. The summed E-state index contributed by atoms with van der Waals surface area (Å²) in [4.78, 5) is 19.9. The molecule has 2 heterocycles. The van der Waals surface area contributed by atoms with Crippen LogP contribution in [0.5, 0.6) is 5.75 Å². The number of rotatable bonds is 8. The molecule has 0 bridgehead atoms. The van der Waals surface area contributed by atoms with Gasteiger partial charge in [0.15, 0.2) is 11.4 Å². The van der Waals surface area contributed by atoms with Gasteiger partial charge in [-0.15, -0.1) is 0 Å². The molecule has 3 aromatic rings. The number of pyridine rings is 1. The molecule has 0 aliphatic rings. The van der Waals surface area contributed by atoms with E-state index in [4.69, 9.17) is 9.41 Å². The van der Waals surface area contributed by atoms with Crippen molar-refractivity contribution in [1.82, 2.24) is 14.3 Å². The van der Waals surface area contributed by atoms with Gasteiger partial charge in [-0.25, -0.2) is 4.98 Å². The molecule has 1 amide bonds. The van der Waals surface area contributed by atoms with Gasteiger partial charge in [0, 0.05) is 31.5 Å². The van der Waals surface area contributed by atoms with Gasteiger partial charge < -0.3 is 13.7 Å². The van der Waals surface area contributed by atoms with E-state index < -0.39 is 8.32 Å². The van der Waals surface area contributed by atoms with Gasteiger partial charge in [-0.1, -0.05) is 70.2 Å². The lowest BCUT2D eigenvalue weighted by Crippen LogP contribution is -2.48. The standard InChI is InChI=1S/C29H41N3O2Si/c1-20(2)29(5,6)35(9,10)34-26-24(18-14-17-23-15-12-11-13-16-23)25(28(33)31(7)8)19-32-22(4)21(3)30-27(26)32/h11-17,19-20H,18H2,1-10H3. The van der Waals surface area contributed by atoms with E-state index in [1.54, 1.807) is 19.0 Å². The van der Waals surface area contributed by atoms with Crippen LogP contribution in [0, 0.1) is 19.8 Å². The second-order valence-corrected chi connectivity index (χ2v) is 15.5. The van der Waals surface area contributed by atoms with Crippen molar-refractivity contribution in [1.29, 1.82) is 0 Å². The first kappa shape index (κ1) is 26.7. The van der Waals surface area contributed by atoms with Gasteiger partial charge >= 0.3 is 0 Å². The predicted octanol–water partition coefficient (Wildman–Crippen LogP) is 6.93. The Labute approximate surface area is 212 Å². The molecular formula is C29H41N3O2Si. The molecule has 188 valence electrons. The van der Waals surface area contributed by atoms with Gasteiger partial charge in [0.05, 0.1) is 11.3 Å². The van der Waals surface area contributed by atoms with Crippen molar-refractivity contribution < 1.29 is 9.22 Å². The molecular weight excluding hydrogens is 450 g/mol. The lowest BCUT2D eigenvalue weighted by atomic mass is 9.99. The fourth-order valence-corrected chi connectivity index (χ4v) is 6.48. The second kappa shape index (κ2) is 10.0. The number of aryl methyl sites for hydroxylation is 2. The monoisotopic (exact) mass is 491 g/mol. The Morgan fingerprint density at radius 2 is 1.80 bits per heavy atom. The number of aromatic nitrogens is 2. The minimum absolute atomic E-state index is 0.0133. The highest BCUT2D eigenvalue weighted by atomic mass is 28.4. The Bertz CT molecular complexity index is 1240. The third-order valence-corrected chi connectivity index (χ3v) is 12.3. The van der Waals surface area contributed by atoms with Crippen LogP contribution in [0.2, 0.25) is 18.1 Å². The molecule has 5 nitrogen and oxygen atoms in total. The van der Waals surface area contributed by atoms with Gasteiger partial charge in [-0.2, -0.15) is 0 Å². The van der Waals surface area contributed by atoms with Crippen LogP contribution in [0.3, 0.4) is 0 Å². The minimum atomic E-state index is -2.28. The van der Waals surface area contributed by atoms with E-state index in [2.05, 4.69) is 65.1 Å². The maximum atomic E-state index is 13.4. The number of carbonyl (C=O) groups is 1. The smallest absolute Gasteiger partial charge is 0.255 e. The van der Waals surface area contributed by atoms with E-state index in [1.165, 1.54) is 0 Å².